The number of imidazole rings is 2. The zero-order valence-corrected chi connectivity index (χ0v) is 11.6. The fourth-order valence-electron chi connectivity index (χ4n) is 3.14. The number of aromatic nitrogens is 4. The van der Waals surface area contributed by atoms with Crippen molar-refractivity contribution in [1.82, 2.24) is 19.9 Å². The Morgan fingerprint density at radius 3 is 1.55 bits per heavy atom. The molecule has 0 bridgehead atoms. The average Bonchev–Trinajstić information content (AvgIpc) is 3.07. The van der Waals surface area contributed by atoms with Gasteiger partial charge in [0.25, 0.3) is 0 Å². The third-order valence-corrected chi connectivity index (χ3v) is 4.21. The zero-order chi connectivity index (χ0) is 13.4. The first-order valence-corrected chi connectivity index (χ1v) is 7.56. The van der Waals surface area contributed by atoms with E-state index in [0.29, 0.717) is 0 Å². The van der Waals surface area contributed by atoms with Gasteiger partial charge in [0.1, 0.15) is 0 Å². The van der Waals surface area contributed by atoms with Crippen LogP contribution in [0.1, 0.15) is 48.5 Å². The lowest BCUT2D eigenvalue weighted by Crippen LogP contribution is -2.11. The van der Waals surface area contributed by atoms with Crippen LogP contribution in [0, 0.1) is 0 Å². The predicted octanol–water partition coefficient (Wildman–Crippen LogP) is 2.33. The maximum absolute atomic E-state index is 4.58. The Hall–Kier alpha value is -1.98. The van der Waals surface area contributed by atoms with Crippen LogP contribution in [-0.2, 0) is 25.7 Å². The Kier molecular flexibility index (Phi) is 2.86. The fourth-order valence-corrected chi connectivity index (χ4v) is 3.14. The van der Waals surface area contributed by atoms with Crippen LogP contribution in [0.15, 0.2) is 0 Å². The number of nitrogens with zero attached hydrogens (tertiary/aromatic N) is 2. The summed E-state index contributed by atoms with van der Waals surface area (Å²) in [7, 11) is 0. The summed E-state index contributed by atoms with van der Waals surface area (Å²) in [5.74, 6) is 1.57. The van der Waals surface area contributed by atoms with Crippen LogP contribution in [0.3, 0.4) is 0 Å². The molecular formula is C14H20N6. The van der Waals surface area contributed by atoms with Crippen molar-refractivity contribution in [2.45, 2.75) is 51.4 Å². The second-order valence-electron chi connectivity index (χ2n) is 5.69. The van der Waals surface area contributed by atoms with E-state index < -0.39 is 0 Å². The van der Waals surface area contributed by atoms with Crippen molar-refractivity contribution in [3.8, 4) is 0 Å². The number of nitrogens with one attached hydrogen (secondary N) is 4. The number of aryl methyl sites for hydroxylation is 4. The van der Waals surface area contributed by atoms with Gasteiger partial charge >= 0.3 is 0 Å². The molecule has 0 fully saturated rings. The van der Waals surface area contributed by atoms with Gasteiger partial charge in [0.15, 0.2) is 0 Å². The van der Waals surface area contributed by atoms with Crippen molar-refractivity contribution in [2.24, 2.45) is 0 Å². The summed E-state index contributed by atoms with van der Waals surface area (Å²) in [5.41, 5.74) is 11.2. The Labute approximate surface area is 117 Å². The Morgan fingerprint density at radius 2 is 1.10 bits per heavy atom. The van der Waals surface area contributed by atoms with Gasteiger partial charge in [-0.3, -0.25) is 10.9 Å². The molecule has 2 aliphatic carbocycles. The molecule has 0 saturated heterocycles. The highest BCUT2D eigenvalue weighted by Crippen LogP contribution is 2.22. The Morgan fingerprint density at radius 1 is 0.650 bits per heavy atom. The molecule has 2 aromatic rings. The van der Waals surface area contributed by atoms with Crippen LogP contribution < -0.4 is 10.9 Å². The highest BCUT2D eigenvalue weighted by atomic mass is 15.5. The van der Waals surface area contributed by atoms with Gasteiger partial charge in [0, 0.05) is 11.4 Å². The lowest BCUT2D eigenvalue weighted by atomic mass is 10.0. The molecule has 0 atom stereocenters. The molecule has 0 aliphatic heterocycles. The van der Waals surface area contributed by atoms with Gasteiger partial charge in [-0.25, -0.2) is 9.97 Å². The molecule has 2 aromatic heterocycles. The van der Waals surface area contributed by atoms with Crippen molar-refractivity contribution < 1.29 is 0 Å². The summed E-state index contributed by atoms with van der Waals surface area (Å²) >= 11 is 0. The van der Waals surface area contributed by atoms with Crippen molar-refractivity contribution in [3.05, 3.63) is 22.8 Å². The van der Waals surface area contributed by atoms with Crippen molar-refractivity contribution >= 4 is 11.9 Å². The SMILES string of the molecule is C1CCc2[nH]c(NNc3nc4c([nH]3)CCCC4)nc2C1. The quantitative estimate of drug-likeness (QED) is 0.646. The molecule has 6 nitrogen and oxygen atoms in total. The van der Waals surface area contributed by atoms with E-state index >= 15 is 0 Å². The van der Waals surface area contributed by atoms with E-state index in [1.807, 2.05) is 0 Å². The van der Waals surface area contributed by atoms with Crippen molar-refractivity contribution in [2.75, 3.05) is 10.9 Å². The summed E-state index contributed by atoms with van der Waals surface area (Å²) in [6, 6.07) is 0. The summed E-state index contributed by atoms with van der Waals surface area (Å²) in [5, 5.41) is 0. The van der Waals surface area contributed by atoms with Gasteiger partial charge < -0.3 is 9.97 Å². The third kappa shape index (κ3) is 2.15. The number of hydrogen-bond acceptors (Lipinski definition) is 4. The molecule has 0 saturated carbocycles. The molecule has 0 aromatic carbocycles. The lowest BCUT2D eigenvalue weighted by Gasteiger charge is -2.07. The molecule has 0 spiro atoms. The molecule has 0 radical (unpaired) electrons. The molecule has 0 amide bonds. The van der Waals surface area contributed by atoms with Crippen LogP contribution in [0.4, 0.5) is 11.9 Å². The first-order chi connectivity index (χ1) is 9.88. The first kappa shape index (κ1) is 11.8. The monoisotopic (exact) mass is 272 g/mol. The van der Waals surface area contributed by atoms with E-state index in [0.717, 1.165) is 37.6 Å². The van der Waals surface area contributed by atoms with E-state index in [1.54, 1.807) is 0 Å². The summed E-state index contributed by atoms with van der Waals surface area (Å²) < 4.78 is 0. The average molecular weight is 272 g/mol. The van der Waals surface area contributed by atoms with E-state index in [4.69, 9.17) is 0 Å². The van der Waals surface area contributed by atoms with Crippen LogP contribution in [-0.4, -0.2) is 19.9 Å². The number of rotatable bonds is 3. The molecule has 4 rings (SSSR count). The lowest BCUT2D eigenvalue weighted by molar-refractivity contribution is 0.667. The maximum atomic E-state index is 4.58. The number of fused-ring (bicyclic) bond motifs is 2. The number of H-pyrrole nitrogens is 2. The van der Waals surface area contributed by atoms with E-state index in [-0.39, 0.29) is 0 Å². The molecule has 2 heterocycles. The second kappa shape index (κ2) is 4.85. The number of aromatic amines is 2. The minimum atomic E-state index is 0.784. The number of hydrazine groups is 1. The number of anilines is 2. The molecule has 6 heteroatoms. The largest absolute Gasteiger partial charge is 0.327 e. The second-order valence-corrected chi connectivity index (χ2v) is 5.69. The molecular weight excluding hydrogens is 252 g/mol. The summed E-state index contributed by atoms with van der Waals surface area (Å²) in [6.07, 6.45) is 9.40. The third-order valence-electron chi connectivity index (χ3n) is 4.21. The maximum Gasteiger partial charge on any atom is 0.219 e. The van der Waals surface area contributed by atoms with Crippen LogP contribution in [0.2, 0.25) is 0 Å². The molecule has 2 aliphatic rings. The predicted molar refractivity (Wildman–Crippen MR) is 77.7 cm³/mol. The van der Waals surface area contributed by atoms with Crippen molar-refractivity contribution in [1.29, 1.82) is 0 Å². The normalized spacial score (nSPS) is 17.4. The van der Waals surface area contributed by atoms with Gasteiger partial charge in [0.2, 0.25) is 11.9 Å². The van der Waals surface area contributed by atoms with Crippen LogP contribution >= 0.6 is 0 Å². The minimum absolute atomic E-state index is 0.784. The fraction of sp³-hybridized carbons (Fsp3) is 0.571. The molecule has 0 unspecified atom stereocenters. The van der Waals surface area contributed by atoms with Gasteiger partial charge in [-0.15, -0.1) is 0 Å². The van der Waals surface area contributed by atoms with E-state index in [2.05, 4.69) is 30.8 Å². The summed E-state index contributed by atoms with van der Waals surface area (Å²) in [6.45, 7) is 0. The van der Waals surface area contributed by atoms with Gasteiger partial charge in [-0.05, 0) is 51.4 Å². The van der Waals surface area contributed by atoms with Gasteiger partial charge in [0.05, 0.1) is 11.4 Å². The molecule has 106 valence electrons. The minimum Gasteiger partial charge on any atom is -0.327 e. The van der Waals surface area contributed by atoms with Gasteiger partial charge in [-0.2, -0.15) is 0 Å². The first-order valence-electron chi connectivity index (χ1n) is 7.56. The van der Waals surface area contributed by atoms with E-state index in [9.17, 15) is 0 Å². The Bertz CT molecular complexity index is 510. The number of hydrogen-bond donors (Lipinski definition) is 4. The van der Waals surface area contributed by atoms with E-state index in [1.165, 1.54) is 48.5 Å². The zero-order valence-electron chi connectivity index (χ0n) is 11.6. The van der Waals surface area contributed by atoms with Gasteiger partial charge in [-0.1, -0.05) is 0 Å². The molecule has 4 N–H and O–H groups in total. The van der Waals surface area contributed by atoms with Crippen LogP contribution in [0.25, 0.3) is 0 Å². The topological polar surface area (TPSA) is 81.4 Å². The van der Waals surface area contributed by atoms with Crippen molar-refractivity contribution in [3.63, 3.8) is 0 Å². The van der Waals surface area contributed by atoms with Crippen LogP contribution in [0.5, 0.6) is 0 Å². The standard InChI is InChI=1S/C14H20N6/c1-2-6-10-9(5-1)15-13(16-10)19-20-14-17-11-7-3-4-8-12(11)18-14/h1-8H2,(H2,15,16,19)(H2,17,18,20). The highest BCUT2D eigenvalue weighted by Gasteiger charge is 2.16. The highest BCUT2D eigenvalue weighted by molar-refractivity contribution is 5.41. The Balaban J connectivity index is 1.44. The smallest absolute Gasteiger partial charge is 0.219 e. The molecule has 20 heavy (non-hydrogen) atoms. The summed E-state index contributed by atoms with van der Waals surface area (Å²) in [4.78, 5) is 15.8.